The van der Waals surface area contributed by atoms with Crippen molar-refractivity contribution in [2.24, 2.45) is 5.73 Å². The third kappa shape index (κ3) is 2.57. The largest absolute Gasteiger partial charge is 0.360 e. The predicted octanol–water partition coefficient (Wildman–Crippen LogP) is 2.26. The Hall–Kier alpha value is -1.78. The second-order valence-corrected chi connectivity index (χ2v) is 6.05. The summed E-state index contributed by atoms with van der Waals surface area (Å²) in [7, 11) is 4.32. The Morgan fingerprint density at radius 2 is 2.05 bits per heavy atom. The first-order chi connectivity index (χ1) is 10.1. The van der Waals surface area contributed by atoms with Crippen molar-refractivity contribution in [3.05, 3.63) is 41.6 Å². The summed E-state index contributed by atoms with van der Waals surface area (Å²) in [5.41, 5.74) is 12.4. The summed E-state index contributed by atoms with van der Waals surface area (Å²) in [4.78, 5) is 4.65. The lowest BCUT2D eigenvalue weighted by Crippen LogP contribution is -2.37. The maximum atomic E-state index is 5.81. The van der Waals surface area contributed by atoms with Crippen molar-refractivity contribution in [2.45, 2.75) is 20.0 Å². The second kappa shape index (κ2) is 5.54. The molecular weight excluding hydrogens is 260 g/mol. The molecule has 2 N–H and O–H groups in total. The van der Waals surface area contributed by atoms with Gasteiger partial charge in [0.15, 0.2) is 0 Å². The summed E-state index contributed by atoms with van der Waals surface area (Å²) in [5, 5.41) is 0. The van der Waals surface area contributed by atoms with Gasteiger partial charge < -0.3 is 15.2 Å². The van der Waals surface area contributed by atoms with Crippen molar-refractivity contribution in [3.63, 3.8) is 0 Å². The Morgan fingerprint density at radius 3 is 2.76 bits per heavy atom. The molecule has 0 saturated heterocycles. The van der Waals surface area contributed by atoms with Crippen LogP contribution in [0.2, 0.25) is 0 Å². The van der Waals surface area contributed by atoms with E-state index in [2.05, 4.69) is 65.8 Å². The van der Waals surface area contributed by atoms with E-state index in [4.69, 9.17) is 5.73 Å². The third-order valence-corrected chi connectivity index (χ3v) is 4.11. The third-order valence-electron chi connectivity index (χ3n) is 4.11. The molecule has 0 fully saturated rings. The van der Waals surface area contributed by atoms with E-state index in [-0.39, 0.29) is 0 Å². The minimum atomic E-state index is 0.659. The number of hydrogen-bond donors (Lipinski definition) is 1. The van der Waals surface area contributed by atoms with Gasteiger partial charge in [-0.15, -0.1) is 0 Å². The van der Waals surface area contributed by atoms with E-state index >= 15 is 0 Å². The van der Waals surface area contributed by atoms with Crippen LogP contribution in [0.5, 0.6) is 0 Å². The molecule has 0 atom stereocenters. The molecule has 2 aromatic rings. The molecular formula is C17H24N4. The van der Waals surface area contributed by atoms with Gasteiger partial charge in [0.2, 0.25) is 0 Å². The summed E-state index contributed by atoms with van der Waals surface area (Å²) in [5.74, 6) is 0. The molecule has 4 nitrogen and oxygen atoms in total. The molecule has 21 heavy (non-hydrogen) atoms. The molecule has 0 spiro atoms. The SMILES string of the molecule is Cc1cccc(-c2c3c(cn2CCN)N(C)CN(C)C3)c1. The fraction of sp³-hybridized carbons (Fsp3) is 0.412. The molecule has 2 heterocycles. The predicted molar refractivity (Wildman–Crippen MR) is 88.4 cm³/mol. The number of benzene rings is 1. The van der Waals surface area contributed by atoms with Gasteiger partial charge in [-0.05, 0) is 25.6 Å². The molecule has 1 aromatic heterocycles. The van der Waals surface area contributed by atoms with Crippen LogP contribution >= 0.6 is 0 Å². The summed E-state index contributed by atoms with van der Waals surface area (Å²) < 4.78 is 2.31. The van der Waals surface area contributed by atoms with Crippen LogP contribution in [0.3, 0.4) is 0 Å². The minimum absolute atomic E-state index is 0.659. The molecule has 0 aliphatic carbocycles. The Kier molecular flexibility index (Phi) is 3.74. The van der Waals surface area contributed by atoms with E-state index in [1.807, 2.05) is 0 Å². The number of fused-ring (bicyclic) bond motifs is 1. The van der Waals surface area contributed by atoms with Crippen LogP contribution in [0.1, 0.15) is 11.1 Å². The highest BCUT2D eigenvalue weighted by atomic mass is 15.3. The van der Waals surface area contributed by atoms with Crippen LogP contribution in [-0.4, -0.2) is 36.8 Å². The molecule has 112 valence electrons. The highest BCUT2D eigenvalue weighted by Crippen LogP contribution is 2.36. The number of rotatable bonds is 3. The maximum absolute atomic E-state index is 5.81. The molecule has 0 bridgehead atoms. The standard InChI is InChI=1S/C17H24N4/c1-13-5-4-6-14(9-13)17-15-10-19(2)12-20(3)16(15)11-21(17)8-7-18/h4-6,9,11H,7-8,10,12,18H2,1-3H3. The zero-order chi connectivity index (χ0) is 15.0. The van der Waals surface area contributed by atoms with Crippen molar-refractivity contribution < 1.29 is 0 Å². The minimum Gasteiger partial charge on any atom is -0.360 e. The highest BCUT2D eigenvalue weighted by Gasteiger charge is 2.25. The van der Waals surface area contributed by atoms with Crippen LogP contribution in [0.4, 0.5) is 5.69 Å². The molecule has 3 rings (SSSR count). The van der Waals surface area contributed by atoms with E-state index in [9.17, 15) is 0 Å². The second-order valence-electron chi connectivity index (χ2n) is 6.05. The number of aryl methyl sites for hydroxylation is 1. The number of nitrogens with two attached hydrogens (primary N) is 1. The number of nitrogens with zero attached hydrogens (tertiary/aromatic N) is 3. The van der Waals surface area contributed by atoms with E-state index in [0.717, 1.165) is 19.8 Å². The quantitative estimate of drug-likeness (QED) is 0.939. The molecule has 0 radical (unpaired) electrons. The fourth-order valence-corrected chi connectivity index (χ4v) is 3.28. The molecule has 1 aromatic carbocycles. The summed E-state index contributed by atoms with van der Waals surface area (Å²) in [6.45, 7) is 5.61. The monoisotopic (exact) mass is 284 g/mol. The van der Waals surface area contributed by atoms with Gasteiger partial charge >= 0.3 is 0 Å². The van der Waals surface area contributed by atoms with Crippen molar-refractivity contribution in [2.75, 3.05) is 32.2 Å². The summed E-state index contributed by atoms with van der Waals surface area (Å²) in [6.07, 6.45) is 2.26. The van der Waals surface area contributed by atoms with Gasteiger partial charge in [-0.3, -0.25) is 4.90 Å². The number of aromatic nitrogens is 1. The van der Waals surface area contributed by atoms with Crippen LogP contribution in [0, 0.1) is 6.92 Å². The van der Waals surface area contributed by atoms with Gasteiger partial charge in [0.1, 0.15) is 0 Å². The normalized spacial score (nSPS) is 15.3. The van der Waals surface area contributed by atoms with Gasteiger partial charge in [-0.25, -0.2) is 0 Å². The Bertz CT molecular complexity index is 644. The van der Waals surface area contributed by atoms with Crippen LogP contribution in [0.25, 0.3) is 11.3 Å². The molecule has 1 aliphatic heterocycles. The topological polar surface area (TPSA) is 37.4 Å². The van der Waals surface area contributed by atoms with Gasteiger partial charge in [0.05, 0.1) is 18.1 Å². The van der Waals surface area contributed by atoms with Crippen molar-refractivity contribution in [3.8, 4) is 11.3 Å². The number of hydrogen-bond acceptors (Lipinski definition) is 3. The average molecular weight is 284 g/mol. The highest BCUT2D eigenvalue weighted by molar-refractivity contribution is 5.74. The lowest BCUT2D eigenvalue weighted by atomic mass is 10.0. The summed E-state index contributed by atoms with van der Waals surface area (Å²) >= 11 is 0. The molecule has 0 amide bonds. The Labute approximate surface area is 126 Å². The van der Waals surface area contributed by atoms with E-state index < -0.39 is 0 Å². The van der Waals surface area contributed by atoms with Crippen LogP contribution < -0.4 is 10.6 Å². The van der Waals surface area contributed by atoms with Gasteiger partial charge in [-0.1, -0.05) is 23.8 Å². The van der Waals surface area contributed by atoms with Gasteiger partial charge in [-0.2, -0.15) is 0 Å². The molecule has 1 aliphatic rings. The average Bonchev–Trinajstić information content (AvgIpc) is 2.77. The van der Waals surface area contributed by atoms with Crippen molar-refractivity contribution in [1.29, 1.82) is 0 Å². The van der Waals surface area contributed by atoms with Crippen molar-refractivity contribution >= 4 is 5.69 Å². The first-order valence-electron chi connectivity index (χ1n) is 7.49. The molecule has 0 unspecified atom stereocenters. The van der Waals surface area contributed by atoms with E-state index in [0.29, 0.717) is 6.54 Å². The van der Waals surface area contributed by atoms with E-state index in [1.165, 1.54) is 28.1 Å². The van der Waals surface area contributed by atoms with Gasteiger partial charge in [0.25, 0.3) is 0 Å². The zero-order valence-corrected chi connectivity index (χ0v) is 13.1. The molecule has 4 heteroatoms. The fourth-order valence-electron chi connectivity index (χ4n) is 3.28. The first kappa shape index (κ1) is 14.2. The lowest BCUT2D eigenvalue weighted by molar-refractivity contribution is 0.317. The number of anilines is 1. The summed E-state index contributed by atoms with van der Waals surface area (Å²) in [6, 6.07) is 8.74. The lowest BCUT2D eigenvalue weighted by Gasteiger charge is -2.32. The Morgan fingerprint density at radius 1 is 1.24 bits per heavy atom. The smallest absolute Gasteiger partial charge is 0.0704 e. The van der Waals surface area contributed by atoms with Gasteiger partial charge in [0, 0.05) is 38.4 Å². The zero-order valence-electron chi connectivity index (χ0n) is 13.1. The molecule has 0 saturated carbocycles. The maximum Gasteiger partial charge on any atom is 0.0704 e. The Balaban J connectivity index is 2.17. The first-order valence-corrected chi connectivity index (χ1v) is 7.49. The van der Waals surface area contributed by atoms with Crippen LogP contribution in [0.15, 0.2) is 30.5 Å². The van der Waals surface area contributed by atoms with Crippen LogP contribution in [-0.2, 0) is 13.1 Å². The van der Waals surface area contributed by atoms with E-state index in [1.54, 1.807) is 0 Å². The van der Waals surface area contributed by atoms with Crippen molar-refractivity contribution in [1.82, 2.24) is 9.47 Å².